The van der Waals surface area contributed by atoms with E-state index in [9.17, 15) is 14.4 Å². The maximum atomic E-state index is 12.3. The van der Waals surface area contributed by atoms with Crippen molar-refractivity contribution in [1.82, 2.24) is 4.90 Å². The van der Waals surface area contributed by atoms with E-state index in [-0.39, 0.29) is 30.6 Å². The van der Waals surface area contributed by atoms with Gasteiger partial charge in [-0.15, -0.1) is 0 Å². The summed E-state index contributed by atoms with van der Waals surface area (Å²) in [6.07, 6.45) is 3.25. The fraction of sp³-hybridized carbons (Fsp3) is 0.471. The van der Waals surface area contributed by atoms with E-state index in [1.54, 1.807) is 0 Å². The van der Waals surface area contributed by atoms with E-state index in [2.05, 4.69) is 6.92 Å². The van der Waals surface area contributed by atoms with Gasteiger partial charge in [-0.1, -0.05) is 50.1 Å². The maximum absolute atomic E-state index is 12.3. The van der Waals surface area contributed by atoms with E-state index in [0.717, 1.165) is 24.8 Å². The fourth-order valence-electron chi connectivity index (χ4n) is 2.59. The van der Waals surface area contributed by atoms with Gasteiger partial charge in [0.05, 0.1) is 6.54 Å². The predicted octanol–water partition coefficient (Wildman–Crippen LogP) is 2.71. The molecule has 0 N–H and O–H groups in total. The van der Waals surface area contributed by atoms with Gasteiger partial charge in [-0.25, -0.2) is 0 Å². The molecule has 112 valence electrons. The minimum atomic E-state index is -0.752. The van der Waals surface area contributed by atoms with Crippen molar-refractivity contribution in [1.29, 1.82) is 0 Å². The van der Waals surface area contributed by atoms with Crippen LogP contribution >= 0.6 is 0 Å². The third-order valence-corrected chi connectivity index (χ3v) is 3.84. The number of benzene rings is 1. The lowest BCUT2D eigenvalue weighted by atomic mass is 9.98. The van der Waals surface area contributed by atoms with Crippen LogP contribution in [0.3, 0.4) is 0 Å². The van der Waals surface area contributed by atoms with Crippen molar-refractivity contribution in [3.63, 3.8) is 0 Å². The molecule has 21 heavy (non-hydrogen) atoms. The number of Topliss-reactive ketones (excluding diaryl/α,β-unsaturated/α-hetero) is 1. The molecule has 1 atom stereocenters. The average molecular weight is 287 g/mol. The van der Waals surface area contributed by atoms with E-state index in [1.807, 2.05) is 30.3 Å². The second kappa shape index (κ2) is 7.16. The van der Waals surface area contributed by atoms with Gasteiger partial charge in [0.1, 0.15) is 11.7 Å². The number of amides is 2. The Morgan fingerprint density at radius 2 is 1.90 bits per heavy atom. The van der Waals surface area contributed by atoms with Crippen LogP contribution < -0.4 is 0 Å². The number of imide groups is 1. The van der Waals surface area contributed by atoms with Crippen LogP contribution in [0.4, 0.5) is 0 Å². The molecule has 0 bridgehead atoms. The zero-order valence-corrected chi connectivity index (χ0v) is 12.4. The van der Waals surface area contributed by atoms with Crippen molar-refractivity contribution < 1.29 is 14.4 Å². The highest BCUT2D eigenvalue weighted by molar-refractivity contribution is 6.14. The first-order valence-corrected chi connectivity index (χ1v) is 7.54. The molecule has 1 aromatic rings. The Labute approximate surface area is 125 Å². The maximum Gasteiger partial charge on any atom is 0.240 e. The number of nitrogens with zero attached hydrogens (tertiary/aromatic N) is 1. The second-order valence-electron chi connectivity index (χ2n) is 5.48. The van der Waals surface area contributed by atoms with E-state index in [1.165, 1.54) is 4.90 Å². The summed E-state index contributed by atoms with van der Waals surface area (Å²) in [6, 6.07) is 9.37. The zero-order chi connectivity index (χ0) is 15.2. The molecule has 4 heteroatoms. The summed E-state index contributed by atoms with van der Waals surface area (Å²) >= 11 is 0. The summed E-state index contributed by atoms with van der Waals surface area (Å²) in [6.45, 7) is 2.33. The molecule has 1 saturated heterocycles. The Morgan fingerprint density at radius 1 is 1.19 bits per heavy atom. The average Bonchev–Trinajstić information content (AvgIpc) is 2.77. The van der Waals surface area contributed by atoms with Crippen LogP contribution in [0.25, 0.3) is 0 Å². The van der Waals surface area contributed by atoms with Crippen molar-refractivity contribution in [2.75, 3.05) is 0 Å². The largest absolute Gasteiger partial charge is 0.299 e. The molecule has 0 radical (unpaired) electrons. The van der Waals surface area contributed by atoms with Gasteiger partial charge < -0.3 is 0 Å². The minimum Gasteiger partial charge on any atom is -0.299 e. The number of carbonyl (C=O) groups excluding carboxylic acids is 3. The summed E-state index contributed by atoms with van der Waals surface area (Å²) in [7, 11) is 0. The third kappa shape index (κ3) is 3.78. The molecular formula is C17H21NO3. The van der Waals surface area contributed by atoms with Crippen LogP contribution in [0, 0.1) is 5.92 Å². The van der Waals surface area contributed by atoms with Gasteiger partial charge in [0, 0.05) is 12.8 Å². The smallest absolute Gasteiger partial charge is 0.240 e. The molecule has 2 rings (SSSR count). The van der Waals surface area contributed by atoms with Crippen LogP contribution in [-0.4, -0.2) is 22.5 Å². The lowest BCUT2D eigenvalue weighted by molar-refractivity contribution is -0.141. The van der Waals surface area contributed by atoms with Crippen molar-refractivity contribution >= 4 is 17.6 Å². The summed E-state index contributed by atoms with van der Waals surface area (Å²) in [5.74, 6) is -1.40. The first-order chi connectivity index (χ1) is 10.1. The Balaban J connectivity index is 1.98. The molecule has 1 fully saturated rings. The SMILES string of the molecule is CCCCCC(=O)C1CC(=O)N(Cc2ccccc2)C1=O. The lowest BCUT2D eigenvalue weighted by Crippen LogP contribution is -2.32. The third-order valence-electron chi connectivity index (χ3n) is 3.84. The number of hydrogen-bond donors (Lipinski definition) is 0. The van der Waals surface area contributed by atoms with E-state index in [4.69, 9.17) is 0 Å². The first kappa shape index (κ1) is 15.4. The molecule has 1 unspecified atom stereocenters. The van der Waals surface area contributed by atoms with Gasteiger partial charge in [-0.3, -0.25) is 19.3 Å². The molecular weight excluding hydrogens is 266 g/mol. The van der Waals surface area contributed by atoms with Crippen LogP contribution in [0.1, 0.15) is 44.6 Å². The molecule has 0 spiro atoms. The van der Waals surface area contributed by atoms with Gasteiger partial charge in [0.15, 0.2) is 0 Å². The Morgan fingerprint density at radius 3 is 2.57 bits per heavy atom. The monoisotopic (exact) mass is 287 g/mol. The standard InChI is InChI=1S/C17H21NO3/c1-2-3-5-10-15(19)14-11-16(20)18(17(14)21)12-13-8-6-4-7-9-13/h4,6-9,14H,2-3,5,10-12H2,1H3. The van der Waals surface area contributed by atoms with Crippen molar-refractivity contribution in [3.8, 4) is 0 Å². The normalized spacial score (nSPS) is 18.3. The Hall–Kier alpha value is -1.97. The molecule has 1 heterocycles. The number of unbranched alkanes of at least 4 members (excludes halogenated alkanes) is 2. The molecule has 0 aliphatic carbocycles. The van der Waals surface area contributed by atoms with Gasteiger partial charge in [-0.05, 0) is 12.0 Å². The molecule has 2 amide bonds. The Kier molecular flexibility index (Phi) is 5.26. The van der Waals surface area contributed by atoms with Crippen LogP contribution in [-0.2, 0) is 20.9 Å². The molecule has 0 aromatic heterocycles. The number of hydrogen-bond acceptors (Lipinski definition) is 3. The van der Waals surface area contributed by atoms with Crippen molar-refractivity contribution in [3.05, 3.63) is 35.9 Å². The van der Waals surface area contributed by atoms with E-state index >= 15 is 0 Å². The van der Waals surface area contributed by atoms with Crippen LogP contribution in [0.15, 0.2) is 30.3 Å². The second-order valence-corrected chi connectivity index (χ2v) is 5.48. The zero-order valence-electron chi connectivity index (χ0n) is 12.4. The highest BCUT2D eigenvalue weighted by Gasteiger charge is 2.41. The fourth-order valence-corrected chi connectivity index (χ4v) is 2.59. The lowest BCUT2D eigenvalue weighted by Gasteiger charge is -2.14. The quantitative estimate of drug-likeness (QED) is 0.440. The van der Waals surface area contributed by atoms with Crippen molar-refractivity contribution in [2.45, 2.75) is 45.6 Å². The van der Waals surface area contributed by atoms with E-state index < -0.39 is 5.92 Å². The minimum absolute atomic E-state index is 0.0383. The predicted molar refractivity (Wildman–Crippen MR) is 79.3 cm³/mol. The molecule has 1 aliphatic heterocycles. The van der Waals surface area contributed by atoms with Gasteiger partial charge in [-0.2, -0.15) is 0 Å². The Bertz CT molecular complexity index is 524. The van der Waals surface area contributed by atoms with Crippen molar-refractivity contribution in [2.24, 2.45) is 5.92 Å². The highest BCUT2D eigenvalue weighted by atomic mass is 16.2. The summed E-state index contributed by atoms with van der Waals surface area (Å²) in [5.41, 5.74) is 0.901. The number of ketones is 1. The van der Waals surface area contributed by atoms with Gasteiger partial charge >= 0.3 is 0 Å². The first-order valence-electron chi connectivity index (χ1n) is 7.54. The molecule has 0 saturated carbocycles. The topological polar surface area (TPSA) is 54.5 Å². The van der Waals surface area contributed by atoms with Gasteiger partial charge in [0.2, 0.25) is 11.8 Å². The van der Waals surface area contributed by atoms with Gasteiger partial charge in [0.25, 0.3) is 0 Å². The molecule has 4 nitrogen and oxygen atoms in total. The summed E-state index contributed by atoms with van der Waals surface area (Å²) < 4.78 is 0. The molecule has 1 aromatic carbocycles. The summed E-state index contributed by atoms with van der Waals surface area (Å²) in [4.78, 5) is 37.6. The van der Waals surface area contributed by atoms with E-state index in [0.29, 0.717) is 6.42 Å². The number of rotatable bonds is 7. The number of carbonyl (C=O) groups is 3. The summed E-state index contributed by atoms with van der Waals surface area (Å²) in [5, 5.41) is 0. The van der Waals surface area contributed by atoms with Crippen LogP contribution in [0.5, 0.6) is 0 Å². The number of likely N-dealkylation sites (tertiary alicyclic amines) is 1. The molecule has 1 aliphatic rings. The van der Waals surface area contributed by atoms with Crippen LogP contribution in [0.2, 0.25) is 0 Å². The highest BCUT2D eigenvalue weighted by Crippen LogP contribution is 2.24.